The summed E-state index contributed by atoms with van der Waals surface area (Å²) in [5.74, 6) is 1.34. The molecule has 3 fully saturated rings. The number of hydrogen-bond donors (Lipinski definition) is 0. The second-order valence-electron chi connectivity index (χ2n) is 7.12. The van der Waals surface area contributed by atoms with Crippen molar-refractivity contribution in [1.82, 2.24) is 24.3 Å². The number of piperazine rings is 1. The number of sulfonamides is 1. The average molecular weight is 394 g/mol. The summed E-state index contributed by atoms with van der Waals surface area (Å²) in [6, 6.07) is 2.76. The van der Waals surface area contributed by atoms with Crippen molar-refractivity contribution in [3.8, 4) is 0 Å². The number of urea groups is 2. The number of imide groups is 1. The smallest absolute Gasteiger partial charge is 0.341 e. The monoisotopic (exact) mass is 394 g/mol. The van der Waals surface area contributed by atoms with Gasteiger partial charge in [0.1, 0.15) is 0 Å². The molecule has 3 heterocycles. The third kappa shape index (κ3) is 3.55. The van der Waals surface area contributed by atoms with E-state index in [-0.39, 0.29) is 13.1 Å². The van der Waals surface area contributed by atoms with Crippen LogP contribution in [0.4, 0.5) is 15.4 Å². The number of carbonyl (C=O) groups is 2. The molecule has 27 heavy (non-hydrogen) atoms. The highest BCUT2D eigenvalue weighted by atomic mass is 32.2. The topological polar surface area (TPSA) is 107 Å². The lowest BCUT2D eigenvalue weighted by molar-refractivity contribution is 0.159. The van der Waals surface area contributed by atoms with Gasteiger partial charge in [0, 0.05) is 32.1 Å². The lowest BCUT2D eigenvalue weighted by atomic mass is 10.2. The Hall–Kier alpha value is -2.43. The van der Waals surface area contributed by atoms with Crippen molar-refractivity contribution in [2.45, 2.75) is 18.8 Å². The fraction of sp³-hybridized carbons (Fsp3) is 0.625. The zero-order chi connectivity index (χ0) is 19.2. The van der Waals surface area contributed by atoms with E-state index in [1.54, 1.807) is 4.90 Å². The summed E-state index contributed by atoms with van der Waals surface area (Å²) in [6.45, 7) is 2.13. The van der Waals surface area contributed by atoms with Gasteiger partial charge >= 0.3 is 12.1 Å². The molecule has 0 bridgehead atoms. The minimum atomic E-state index is -3.65. The molecule has 0 atom stereocenters. The molecule has 0 spiro atoms. The van der Waals surface area contributed by atoms with Gasteiger partial charge in [0.05, 0.1) is 25.0 Å². The Labute approximate surface area is 157 Å². The Morgan fingerprint density at radius 3 is 2.26 bits per heavy atom. The molecule has 146 valence electrons. The number of carbonyl (C=O) groups excluding carboxylic acids is 2. The molecule has 1 aliphatic carbocycles. The fourth-order valence-electron chi connectivity index (χ4n) is 3.40. The molecule has 2 saturated heterocycles. The van der Waals surface area contributed by atoms with Gasteiger partial charge in [0.25, 0.3) is 0 Å². The van der Waals surface area contributed by atoms with Crippen molar-refractivity contribution in [3.05, 3.63) is 17.8 Å². The van der Waals surface area contributed by atoms with E-state index in [0.29, 0.717) is 32.1 Å². The number of rotatable bonds is 3. The molecule has 3 aliphatic rings. The summed E-state index contributed by atoms with van der Waals surface area (Å²) in [4.78, 5) is 29.5. The van der Waals surface area contributed by atoms with Gasteiger partial charge in [-0.25, -0.2) is 27.2 Å². The number of aromatic nitrogens is 2. The van der Waals surface area contributed by atoms with Crippen LogP contribution >= 0.6 is 0 Å². The Kier molecular flexibility index (Phi) is 4.41. The van der Waals surface area contributed by atoms with Gasteiger partial charge in [0.15, 0.2) is 5.82 Å². The van der Waals surface area contributed by atoms with E-state index in [9.17, 15) is 18.0 Å². The maximum atomic E-state index is 12.6. The Morgan fingerprint density at radius 1 is 1.04 bits per heavy atom. The molecular weight excluding hydrogens is 372 g/mol. The molecule has 0 aromatic carbocycles. The van der Waals surface area contributed by atoms with Crippen LogP contribution in [0.5, 0.6) is 0 Å². The third-order valence-corrected chi connectivity index (χ3v) is 6.28. The van der Waals surface area contributed by atoms with E-state index >= 15 is 0 Å². The van der Waals surface area contributed by atoms with Crippen LogP contribution in [0.15, 0.2) is 12.1 Å². The second-order valence-corrected chi connectivity index (χ2v) is 9.02. The minimum Gasteiger partial charge on any atom is -0.352 e. The largest absolute Gasteiger partial charge is 0.352 e. The highest BCUT2D eigenvalue weighted by molar-refractivity contribution is 7.88. The standard InChI is InChI=1S/C16H22N6O4S/c1-27(25,26)22-11-10-21(16(22)24)15(23)20-8-6-19(7-9-20)14-5-4-13(17-18-14)12-2-3-12/h4-5,12H,2-3,6-11H2,1H3. The van der Waals surface area contributed by atoms with E-state index in [0.717, 1.165) is 27.0 Å². The lowest BCUT2D eigenvalue weighted by Gasteiger charge is -2.36. The minimum absolute atomic E-state index is 0.00625. The normalized spacial score (nSPS) is 21.1. The molecule has 1 aromatic rings. The molecule has 4 amide bonds. The quantitative estimate of drug-likeness (QED) is 0.725. The van der Waals surface area contributed by atoms with E-state index < -0.39 is 22.1 Å². The van der Waals surface area contributed by atoms with E-state index in [1.807, 2.05) is 12.1 Å². The maximum Gasteiger partial charge on any atom is 0.341 e. The van der Waals surface area contributed by atoms with Gasteiger partial charge in [-0.15, -0.1) is 5.10 Å². The van der Waals surface area contributed by atoms with Crippen molar-refractivity contribution in [2.24, 2.45) is 0 Å². The van der Waals surface area contributed by atoms with Crippen molar-refractivity contribution in [3.63, 3.8) is 0 Å². The van der Waals surface area contributed by atoms with Crippen LogP contribution in [0.25, 0.3) is 0 Å². The SMILES string of the molecule is CS(=O)(=O)N1CCN(C(=O)N2CCN(c3ccc(C4CC4)nn3)CC2)C1=O. The van der Waals surface area contributed by atoms with Gasteiger partial charge in [-0.05, 0) is 25.0 Å². The third-order valence-electron chi connectivity index (χ3n) is 5.14. The van der Waals surface area contributed by atoms with Crippen molar-refractivity contribution in [1.29, 1.82) is 0 Å². The number of anilines is 1. The van der Waals surface area contributed by atoms with Crippen molar-refractivity contribution >= 4 is 27.9 Å². The number of nitrogens with zero attached hydrogens (tertiary/aromatic N) is 6. The number of hydrogen-bond acceptors (Lipinski definition) is 7. The predicted molar refractivity (Wildman–Crippen MR) is 96.8 cm³/mol. The van der Waals surface area contributed by atoms with Crippen molar-refractivity contribution < 1.29 is 18.0 Å². The molecule has 2 aliphatic heterocycles. The summed E-state index contributed by atoms with van der Waals surface area (Å²) in [5.41, 5.74) is 1.04. The van der Waals surface area contributed by atoms with Crippen LogP contribution in [0.3, 0.4) is 0 Å². The highest BCUT2D eigenvalue weighted by Crippen LogP contribution is 2.38. The zero-order valence-electron chi connectivity index (χ0n) is 15.1. The van der Waals surface area contributed by atoms with E-state index in [2.05, 4.69) is 15.1 Å². The first kappa shape index (κ1) is 18.0. The first-order chi connectivity index (χ1) is 12.8. The summed E-state index contributed by atoms with van der Waals surface area (Å²) >= 11 is 0. The van der Waals surface area contributed by atoms with Gasteiger partial charge in [0.2, 0.25) is 10.0 Å². The Morgan fingerprint density at radius 2 is 1.74 bits per heavy atom. The molecule has 0 unspecified atom stereocenters. The van der Waals surface area contributed by atoms with Gasteiger partial charge in [-0.1, -0.05) is 0 Å². The van der Waals surface area contributed by atoms with Crippen LogP contribution in [0.1, 0.15) is 24.5 Å². The Bertz CT molecular complexity index is 846. The molecule has 0 radical (unpaired) electrons. The lowest BCUT2D eigenvalue weighted by Crippen LogP contribution is -2.54. The zero-order valence-corrected chi connectivity index (χ0v) is 15.9. The van der Waals surface area contributed by atoms with Crippen LogP contribution in [0, 0.1) is 0 Å². The molecule has 4 rings (SSSR count). The van der Waals surface area contributed by atoms with Crippen LogP contribution < -0.4 is 4.90 Å². The molecule has 11 heteroatoms. The number of amides is 4. The van der Waals surface area contributed by atoms with Crippen molar-refractivity contribution in [2.75, 3.05) is 50.4 Å². The van der Waals surface area contributed by atoms with Gasteiger partial charge in [-0.3, -0.25) is 0 Å². The van der Waals surface area contributed by atoms with E-state index in [4.69, 9.17) is 0 Å². The highest BCUT2D eigenvalue weighted by Gasteiger charge is 2.40. The summed E-state index contributed by atoms with van der Waals surface area (Å²) in [6.07, 6.45) is 3.33. The van der Waals surface area contributed by atoms with Crippen LogP contribution in [-0.4, -0.2) is 90.3 Å². The van der Waals surface area contributed by atoms with Gasteiger partial charge < -0.3 is 9.80 Å². The average Bonchev–Trinajstić information content (AvgIpc) is 3.42. The summed E-state index contributed by atoms with van der Waals surface area (Å²) < 4.78 is 23.9. The summed E-state index contributed by atoms with van der Waals surface area (Å²) in [7, 11) is -3.65. The molecule has 10 nitrogen and oxygen atoms in total. The molecule has 1 saturated carbocycles. The van der Waals surface area contributed by atoms with E-state index in [1.165, 1.54) is 12.8 Å². The first-order valence-electron chi connectivity index (χ1n) is 9.01. The maximum absolute atomic E-state index is 12.6. The van der Waals surface area contributed by atoms with Crippen LogP contribution in [-0.2, 0) is 10.0 Å². The first-order valence-corrected chi connectivity index (χ1v) is 10.9. The molecule has 1 aromatic heterocycles. The van der Waals surface area contributed by atoms with Crippen LogP contribution in [0.2, 0.25) is 0 Å². The summed E-state index contributed by atoms with van der Waals surface area (Å²) in [5, 5.41) is 8.58. The predicted octanol–water partition coefficient (Wildman–Crippen LogP) is 0.293. The molecular formula is C16H22N6O4S. The van der Waals surface area contributed by atoms with Gasteiger partial charge in [-0.2, -0.15) is 5.10 Å². The fourth-order valence-corrected chi connectivity index (χ4v) is 4.20. The Balaban J connectivity index is 1.35. The second kappa shape index (κ2) is 6.63. The molecule has 0 N–H and O–H groups in total.